The highest BCUT2D eigenvalue weighted by atomic mass is 32.2. The number of rotatable bonds is 8. The standard InChI is InChI=1S/C22H31N5O2S/c28-20(23-19-9-5-2-6-10-19)17-30-22-25-24-21(18-7-3-1-4-8-18)27(22)12-11-26-13-15-29-16-14-26/h1,3-4,7-8,19H,2,5-6,9-17H2,(H,23,28). The number of carbonyl (C=O) groups excluding carboxylic acids is 1. The predicted molar refractivity (Wildman–Crippen MR) is 118 cm³/mol. The zero-order valence-corrected chi connectivity index (χ0v) is 18.3. The van der Waals surface area contributed by atoms with Crippen molar-refractivity contribution in [1.29, 1.82) is 0 Å². The first-order chi connectivity index (χ1) is 14.8. The van der Waals surface area contributed by atoms with Crippen LogP contribution in [0.25, 0.3) is 11.4 Å². The number of hydrogen-bond acceptors (Lipinski definition) is 6. The third-order valence-electron chi connectivity index (χ3n) is 5.80. The smallest absolute Gasteiger partial charge is 0.230 e. The molecule has 0 unspecified atom stereocenters. The first-order valence-electron chi connectivity index (χ1n) is 11.0. The van der Waals surface area contributed by atoms with Gasteiger partial charge in [0.2, 0.25) is 5.91 Å². The van der Waals surface area contributed by atoms with E-state index in [1.165, 1.54) is 31.0 Å². The molecule has 0 bridgehead atoms. The molecule has 1 aromatic heterocycles. The maximum Gasteiger partial charge on any atom is 0.230 e. The summed E-state index contributed by atoms with van der Waals surface area (Å²) in [6.45, 7) is 5.20. The summed E-state index contributed by atoms with van der Waals surface area (Å²) >= 11 is 1.48. The summed E-state index contributed by atoms with van der Waals surface area (Å²) in [6.07, 6.45) is 5.92. The molecule has 1 aliphatic heterocycles. The number of benzene rings is 1. The fourth-order valence-electron chi connectivity index (χ4n) is 4.11. The molecule has 1 amide bonds. The molecule has 2 heterocycles. The fraction of sp³-hybridized carbons (Fsp3) is 0.591. The van der Waals surface area contributed by atoms with Gasteiger partial charge in [0.1, 0.15) is 0 Å². The first-order valence-corrected chi connectivity index (χ1v) is 12.0. The van der Waals surface area contributed by atoms with Gasteiger partial charge in [-0.25, -0.2) is 0 Å². The van der Waals surface area contributed by atoms with Gasteiger partial charge in [0.05, 0.1) is 19.0 Å². The Morgan fingerprint density at radius 2 is 1.83 bits per heavy atom. The number of thioether (sulfide) groups is 1. The largest absolute Gasteiger partial charge is 0.379 e. The van der Waals surface area contributed by atoms with Crippen LogP contribution < -0.4 is 5.32 Å². The molecular formula is C22H31N5O2S. The van der Waals surface area contributed by atoms with Gasteiger partial charge in [-0.15, -0.1) is 10.2 Å². The van der Waals surface area contributed by atoms with Gasteiger partial charge in [0.15, 0.2) is 11.0 Å². The summed E-state index contributed by atoms with van der Waals surface area (Å²) < 4.78 is 7.62. The van der Waals surface area contributed by atoms with Crippen molar-refractivity contribution in [2.45, 2.75) is 49.8 Å². The van der Waals surface area contributed by atoms with E-state index < -0.39 is 0 Å². The van der Waals surface area contributed by atoms with Crippen LogP contribution >= 0.6 is 11.8 Å². The fourth-order valence-corrected chi connectivity index (χ4v) is 4.89. The lowest BCUT2D eigenvalue weighted by Gasteiger charge is -2.27. The first kappa shape index (κ1) is 21.3. The zero-order valence-electron chi connectivity index (χ0n) is 17.5. The Morgan fingerprint density at radius 3 is 2.60 bits per heavy atom. The molecule has 7 nitrogen and oxygen atoms in total. The quantitative estimate of drug-likeness (QED) is 0.651. The molecule has 0 atom stereocenters. The van der Waals surface area contributed by atoms with E-state index in [-0.39, 0.29) is 5.91 Å². The SMILES string of the molecule is O=C(CSc1nnc(-c2ccccc2)n1CCN1CCOCC1)NC1CCCCC1. The molecule has 1 aromatic carbocycles. The van der Waals surface area contributed by atoms with E-state index in [2.05, 4.69) is 37.1 Å². The monoisotopic (exact) mass is 429 g/mol. The van der Waals surface area contributed by atoms with Crippen LogP contribution in [-0.4, -0.2) is 70.2 Å². The number of carbonyl (C=O) groups is 1. The number of nitrogens with zero attached hydrogens (tertiary/aromatic N) is 4. The number of aromatic nitrogens is 3. The van der Waals surface area contributed by atoms with Crippen molar-refractivity contribution < 1.29 is 9.53 Å². The molecule has 1 aliphatic carbocycles. The Balaban J connectivity index is 1.41. The normalized spacial score (nSPS) is 18.4. The lowest BCUT2D eigenvalue weighted by Crippen LogP contribution is -2.38. The molecule has 8 heteroatoms. The predicted octanol–water partition coefficient (Wildman–Crippen LogP) is 2.82. The highest BCUT2D eigenvalue weighted by molar-refractivity contribution is 7.99. The average Bonchev–Trinajstić information content (AvgIpc) is 3.21. The van der Waals surface area contributed by atoms with E-state index in [0.29, 0.717) is 11.8 Å². The maximum atomic E-state index is 12.5. The van der Waals surface area contributed by atoms with Crippen LogP contribution in [0.2, 0.25) is 0 Å². The summed E-state index contributed by atoms with van der Waals surface area (Å²) in [5, 5.41) is 12.9. The van der Waals surface area contributed by atoms with Crippen LogP contribution in [0.3, 0.4) is 0 Å². The second-order valence-corrected chi connectivity index (χ2v) is 8.91. The van der Waals surface area contributed by atoms with E-state index in [4.69, 9.17) is 4.74 Å². The number of hydrogen-bond donors (Lipinski definition) is 1. The van der Waals surface area contributed by atoms with E-state index in [1.807, 2.05) is 18.2 Å². The van der Waals surface area contributed by atoms with Gasteiger partial charge in [-0.2, -0.15) is 0 Å². The van der Waals surface area contributed by atoms with Crippen molar-refractivity contribution in [2.75, 3.05) is 38.6 Å². The molecule has 162 valence electrons. The van der Waals surface area contributed by atoms with Gasteiger partial charge >= 0.3 is 0 Å². The Hall–Kier alpha value is -1.90. The Bertz CT molecular complexity index is 801. The van der Waals surface area contributed by atoms with Crippen molar-refractivity contribution in [2.24, 2.45) is 0 Å². The summed E-state index contributed by atoms with van der Waals surface area (Å²) in [6, 6.07) is 10.5. The second kappa shape index (κ2) is 10.9. The Labute approximate surface area is 182 Å². The topological polar surface area (TPSA) is 72.3 Å². The summed E-state index contributed by atoms with van der Waals surface area (Å²) in [4.78, 5) is 14.9. The minimum Gasteiger partial charge on any atom is -0.379 e. The summed E-state index contributed by atoms with van der Waals surface area (Å²) in [7, 11) is 0. The maximum absolute atomic E-state index is 12.5. The van der Waals surface area contributed by atoms with Crippen LogP contribution in [0.15, 0.2) is 35.5 Å². The molecule has 0 radical (unpaired) electrons. The van der Waals surface area contributed by atoms with Gasteiger partial charge < -0.3 is 14.6 Å². The van der Waals surface area contributed by atoms with E-state index in [9.17, 15) is 4.79 Å². The van der Waals surface area contributed by atoms with Crippen molar-refractivity contribution in [3.05, 3.63) is 30.3 Å². The highest BCUT2D eigenvalue weighted by Crippen LogP contribution is 2.24. The molecule has 30 heavy (non-hydrogen) atoms. The number of amides is 1. The lowest BCUT2D eigenvalue weighted by atomic mass is 9.95. The molecule has 1 saturated carbocycles. The van der Waals surface area contributed by atoms with Gasteiger partial charge in [-0.05, 0) is 12.8 Å². The lowest BCUT2D eigenvalue weighted by molar-refractivity contribution is -0.119. The minimum atomic E-state index is 0.0934. The van der Waals surface area contributed by atoms with Crippen molar-refractivity contribution in [3.8, 4) is 11.4 Å². The van der Waals surface area contributed by atoms with Crippen molar-refractivity contribution in [3.63, 3.8) is 0 Å². The summed E-state index contributed by atoms with van der Waals surface area (Å²) in [5.41, 5.74) is 1.05. The van der Waals surface area contributed by atoms with Crippen molar-refractivity contribution in [1.82, 2.24) is 25.0 Å². The van der Waals surface area contributed by atoms with E-state index >= 15 is 0 Å². The molecule has 1 saturated heterocycles. The molecule has 2 fully saturated rings. The number of ether oxygens (including phenoxy) is 1. The van der Waals surface area contributed by atoms with Crippen LogP contribution in [-0.2, 0) is 16.1 Å². The van der Waals surface area contributed by atoms with E-state index in [0.717, 1.165) is 68.8 Å². The van der Waals surface area contributed by atoms with Crippen LogP contribution in [0, 0.1) is 0 Å². The molecule has 2 aromatic rings. The van der Waals surface area contributed by atoms with Gasteiger partial charge in [-0.3, -0.25) is 9.69 Å². The molecule has 2 aliphatic rings. The molecular weight excluding hydrogens is 398 g/mol. The Kier molecular flexibility index (Phi) is 7.77. The van der Waals surface area contributed by atoms with E-state index in [1.54, 1.807) is 0 Å². The van der Waals surface area contributed by atoms with Crippen LogP contribution in [0.1, 0.15) is 32.1 Å². The summed E-state index contributed by atoms with van der Waals surface area (Å²) in [5.74, 6) is 1.33. The van der Waals surface area contributed by atoms with Gasteiger partial charge in [-0.1, -0.05) is 61.4 Å². The molecule has 0 spiro atoms. The van der Waals surface area contributed by atoms with Gasteiger partial charge in [0, 0.05) is 37.8 Å². The average molecular weight is 430 g/mol. The number of nitrogens with one attached hydrogen (secondary N) is 1. The second-order valence-electron chi connectivity index (χ2n) is 7.97. The highest BCUT2D eigenvalue weighted by Gasteiger charge is 2.19. The third kappa shape index (κ3) is 5.83. The molecule has 1 N–H and O–H groups in total. The van der Waals surface area contributed by atoms with Crippen molar-refractivity contribution >= 4 is 17.7 Å². The minimum absolute atomic E-state index is 0.0934. The van der Waals surface area contributed by atoms with Crippen LogP contribution in [0.4, 0.5) is 0 Å². The zero-order chi connectivity index (χ0) is 20.6. The number of morpholine rings is 1. The molecule has 4 rings (SSSR count). The van der Waals surface area contributed by atoms with Gasteiger partial charge in [0.25, 0.3) is 0 Å². The third-order valence-corrected chi connectivity index (χ3v) is 6.76. The Morgan fingerprint density at radius 1 is 1.07 bits per heavy atom. The van der Waals surface area contributed by atoms with Crippen LogP contribution in [0.5, 0.6) is 0 Å².